The Bertz CT molecular complexity index is 3590. The number of pyridine rings is 1. The molecule has 0 unspecified atom stereocenters. The highest BCUT2D eigenvalue weighted by Gasteiger charge is 2.33. The van der Waals surface area contributed by atoms with E-state index >= 15 is 0 Å². The third kappa shape index (κ3) is 13.7. The highest BCUT2D eigenvalue weighted by Crippen LogP contribution is 2.41. The number of hydrogen-bond acceptors (Lipinski definition) is 22. The molecule has 27 heteroatoms. The molecule has 7 aromatic heterocycles. The van der Waals surface area contributed by atoms with E-state index in [1.165, 1.54) is 82.2 Å². The Morgan fingerprint density at radius 2 is 1.47 bits per heavy atom. The number of nitrogens with one attached hydrogen (secondary N) is 5. The van der Waals surface area contributed by atoms with E-state index in [1.807, 2.05) is 19.9 Å². The van der Waals surface area contributed by atoms with Gasteiger partial charge < -0.3 is 41.5 Å². The predicted octanol–water partition coefficient (Wildman–Crippen LogP) is 8.54. The number of ketones is 1. The lowest BCUT2D eigenvalue weighted by Gasteiger charge is -2.23. The van der Waals surface area contributed by atoms with Crippen molar-refractivity contribution < 1.29 is 43.7 Å². The fourth-order valence-corrected chi connectivity index (χ4v) is 14.2. The van der Waals surface area contributed by atoms with E-state index < -0.39 is 48.4 Å². The summed E-state index contributed by atoms with van der Waals surface area (Å²) in [5.41, 5.74) is 3.02. The van der Waals surface area contributed by atoms with Crippen LogP contribution >= 0.6 is 68.0 Å². The number of methoxy groups -OCH3 is 1. The van der Waals surface area contributed by atoms with Gasteiger partial charge in [-0.3, -0.25) is 28.8 Å². The summed E-state index contributed by atoms with van der Waals surface area (Å²) in [6.07, 6.45) is -0.487. The summed E-state index contributed by atoms with van der Waals surface area (Å²) < 4.78 is 5.47. The van der Waals surface area contributed by atoms with Crippen LogP contribution in [0.3, 0.4) is 0 Å². The van der Waals surface area contributed by atoms with E-state index in [0.717, 1.165) is 0 Å². The van der Waals surface area contributed by atoms with E-state index in [-0.39, 0.29) is 72.6 Å². The Morgan fingerprint density at radius 3 is 2.22 bits per heavy atom. The quantitative estimate of drug-likeness (QED) is 0.0569. The van der Waals surface area contributed by atoms with Crippen LogP contribution in [-0.4, -0.2) is 108 Å². The molecular weight excluding hydrogens is 1150 g/mol. The van der Waals surface area contributed by atoms with Crippen molar-refractivity contribution in [1.29, 1.82) is 0 Å². The van der Waals surface area contributed by atoms with Gasteiger partial charge in [-0.25, -0.2) is 34.9 Å². The molecule has 9 rings (SSSR count). The zero-order valence-corrected chi connectivity index (χ0v) is 49.5. The minimum Gasteiger partial charge on any atom is -0.396 e. The fraction of sp³-hybridized carbons (Fsp3) is 0.352. The summed E-state index contributed by atoms with van der Waals surface area (Å²) >= 11 is 7.37. The molecule has 5 atom stereocenters. The second kappa shape index (κ2) is 26.3. The molecule has 8 aromatic rings. The summed E-state index contributed by atoms with van der Waals surface area (Å²) in [5, 5.41) is 44.7. The van der Waals surface area contributed by atoms with Gasteiger partial charge in [-0.2, -0.15) is 0 Å². The first kappa shape index (κ1) is 58.7. The van der Waals surface area contributed by atoms with Crippen molar-refractivity contribution in [2.45, 2.75) is 84.1 Å². The molecule has 1 aliphatic rings. The number of aromatic nitrogens is 7. The largest absolute Gasteiger partial charge is 0.396 e. The lowest BCUT2D eigenvalue weighted by atomic mass is 9.90. The van der Waals surface area contributed by atoms with Crippen LogP contribution < -0.4 is 26.6 Å². The normalized spacial score (nSPS) is 17.0. The molecule has 422 valence electrons. The monoisotopic (exact) mass is 1210 g/mol. The number of Topliss-reactive ketones (excluding diaryl/α,β-unsaturated/α-hetero) is 1. The second-order valence-electron chi connectivity index (χ2n) is 19.2. The Labute approximate surface area is 489 Å². The van der Waals surface area contributed by atoms with Gasteiger partial charge in [0.05, 0.1) is 41.2 Å². The number of amides is 5. The minimum atomic E-state index is -1.26. The zero-order chi connectivity index (χ0) is 57.5. The SMILES string of the molecule is CNC(=O)C[C@@H]1NC(=O)c2csc(n2)-c2ccc(-c3nc(NC(=O)[C@H](C)CCCO)cs3)nc2-c2csc(n2)-c2csc(n2)[C@H]([C@@H](O)c2ccccc2)NC(=O)CNC(=O)c2nc(sc2COC)[C@H](C(C)C)CC(=O)c2nc1sc2C. The molecule has 0 aliphatic carbocycles. The molecule has 8 heterocycles. The van der Waals surface area contributed by atoms with E-state index in [4.69, 9.17) is 34.6 Å². The van der Waals surface area contributed by atoms with Gasteiger partial charge in [0.2, 0.25) is 17.7 Å². The summed E-state index contributed by atoms with van der Waals surface area (Å²) in [5.74, 6) is -3.37. The van der Waals surface area contributed by atoms with Gasteiger partial charge in [-0.15, -0.1) is 68.0 Å². The van der Waals surface area contributed by atoms with E-state index in [1.54, 1.807) is 71.8 Å². The van der Waals surface area contributed by atoms with Crippen LogP contribution in [0.15, 0.2) is 64.0 Å². The number of ether oxygens (including phenoxy) is 1. The van der Waals surface area contributed by atoms with Gasteiger partial charge in [-0.1, -0.05) is 51.1 Å². The second-order valence-corrected chi connectivity index (χ2v) is 25.0. The summed E-state index contributed by atoms with van der Waals surface area (Å²) in [6.45, 7) is 6.95. The maximum absolute atomic E-state index is 14.3. The van der Waals surface area contributed by atoms with Crippen molar-refractivity contribution >= 4 is 109 Å². The van der Waals surface area contributed by atoms with Gasteiger partial charge >= 0.3 is 0 Å². The maximum Gasteiger partial charge on any atom is 0.271 e. The number of carbonyl (C=O) groups excluding carboxylic acids is 6. The first-order valence-corrected chi connectivity index (χ1v) is 30.7. The lowest BCUT2D eigenvalue weighted by Crippen LogP contribution is -2.40. The number of aliphatic hydroxyl groups is 2. The van der Waals surface area contributed by atoms with E-state index in [0.29, 0.717) is 92.4 Å². The van der Waals surface area contributed by atoms with Crippen LogP contribution in [0.5, 0.6) is 0 Å². The van der Waals surface area contributed by atoms with Crippen LogP contribution in [0, 0.1) is 18.8 Å². The van der Waals surface area contributed by atoms with Gasteiger partial charge in [0.1, 0.15) is 77.2 Å². The van der Waals surface area contributed by atoms with Crippen molar-refractivity contribution in [3.63, 3.8) is 0 Å². The number of aliphatic hydroxyl groups excluding tert-OH is 2. The number of anilines is 1. The van der Waals surface area contributed by atoms with Gasteiger partial charge in [0.25, 0.3) is 11.8 Å². The van der Waals surface area contributed by atoms with Crippen molar-refractivity contribution in [2.24, 2.45) is 11.8 Å². The number of fused-ring (bicyclic) bond motifs is 14. The number of aryl methyl sites for hydroxylation is 1. The molecule has 81 heavy (non-hydrogen) atoms. The molecule has 10 bridgehead atoms. The van der Waals surface area contributed by atoms with Crippen molar-refractivity contribution in [2.75, 3.05) is 32.6 Å². The molecule has 0 spiro atoms. The van der Waals surface area contributed by atoms with Gasteiger partial charge in [0, 0.05) is 71.0 Å². The van der Waals surface area contributed by atoms with Crippen LogP contribution in [-0.2, 0) is 25.7 Å². The maximum atomic E-state index is 14.3. The molecule has 1 aliphatic heterocycles. The van der Waals surface area contributed by atoms with Crippen LogP contribution in [0.25, 0.3) is 43.4 Å². The number of benzene rings is 1. The number of nitrogens with zero attached hydrogens (tertiary/aromatic N) is 7. The molecule has 0 saturated heterocycles. The molecule has 0 fully saturated rings. The van der Waals surface area contributed by atoms with E-state index in [2.05, 4.69) is 31.6 Å². The molecular formula is C54H56N12O9S6. The lowest BCUT2D eigenvalue weighted by molar-refractivity contribution is -0.122. The van der Waals surface area contributed by atoms with Crippen molar-refractivity contribution in [1.82, 2.24) is 56.2 Å². The van der Waals surface area contributed by atoms with Gasteiger partial charge in [-0.05, 0) is 43.4 Å². The first-order valence-electron chi connectivity index (χ1n) is 25.6. The Morgan fingerprint density at radius 1 is 0.753 bits per heavy atom. The third-order valence-corrected chi connectivity index (χ3v) is 18.9. The topological polar surface area (TPSA) is 302 Å². The standard InChI is InChI=1S/C54H56N12O9S6/c1-25(2)30-17-36(68)41-27(4)80-53(65-41)32(18-39(69)55-5)58-47(73)34-22-76-49(60-34)29-14-15-31(51-63-38(24-79-51)62-46(72)26(3)11-10-16-67)57-42(29)33-21-77-52(59-33)35-23-78-54(61-35)44(45(71)28-12-8-7-9-13-28)64-40(70)19-56-48(74)43-37(20-75-6)81-50(30)66-43/h7-9,12-15,21-26,30,32,44-45,67,71H,10-11,16-20H2,1-6H3,(H,55,69)(H,56,74)(H,58,73)(H,62,72)(H,64,70)/t26-,30+,32+,44+,45+/m1/s1. The number of thiazole rings is 6. The Balaban J connectivity index is 1.12. The summed E-state index contributed by atoms with van der Waals surface area (Å²) in [6, 6.07) is 10.4. The number of carbonyl (C=O) groups is 6. The van der Waals surface area contributed by atoms with Crippen LogP contribution in [0.4, 0.5) is 5.82 Å². The molecule has 7 N–H and O–H groups in total. The molecule has 0 saturated carbocycles. The third-order valence-electron chi connectivity index (χ3n) is 13.1. The highest BCUT2D eigenvalue weighted by molar-refractivity contribution is 7.15. The molecule has 1 aromatic carbocycles. The highest BCUT2D eigenvalue weighted by atomic mass is 32.1. The fourth-order valence-electron chi connectivity index (χ4n) is 8.67. The zero-order valence-electron chi connectivity index (χ0n) is 44.6. The van der Waals surface area contributed by atoms with Crippen molar-refractivity contribution in [3.8, 4) is 43.4 Å². The van der Waals surface area contributed by atoms with E-state index in [9.17, 15) is 39.0 Å². The molecule has 21 nitrogen and oxygen atoms in total. The van der Waals surface area contributed by atoms with Crippen LogP contribution in [0.1, 0.15) is 132 Å². The average Bonchev–Trinajstić information content (AvgIpc) is 4.56. The summed E-state index contributed by atoms with van der Waals surface area (Å²) in [4.78, 5) is 118. The average molecular weight is 1210 g/mol. The Kier molecular flexibility index (Phi) is 19.1. The van der Waals surface area contributed by atoms with Crippen molar-refractivity contribution in [3.05, 3.63) is 111 Å². The minimum absolute atomic E-state index is 0.0188. The number of hydrogen-bond donors (Lipinski definition) is 7. The predicted molar refractivity (Wildman–Crippen MR) is 312 cm³/mol. The summed E-state index contributed by atoms with van der Waals surface area (Å²) in [7, 11) is 2.97. The Hall–Kier alpha value is -6.95. The molecule has 5 amide bonds. The smallest absolute Gasteiger partial charge is 0.271 e. The van der Waals surface area contributed by atoms with Gasteiger partial charge in [0.15, 0.2) is 5.78 Å². The molecule has 0 radical (unpaired) electrons. The number of rotatable bonds is 13. The van der Waals surface area contributed by atoms with Crippen LogP contribution in [0.2, 0.25) is 0 Å². The first-order chi connectivity index (χ1) is 39.0.